The molecule has 2 N–H and O–H groups in total. The molecule has 2 unspecified atom stereocenters. The third kappa shape index (κ3) is 2.21. The molecule has 2 saturated carbocycles. The summed E-state index contributed by atoms with van der Waals surface area (Å²) in [6.45, 7) is 3.27. The van der Waals surface area contributed by atoms with Gasteiger partial charge in [0.2, 0.25) is 5.91 Å². The molecule has 1 amide bonds. The molecule has 2 atom stereocenters. The summed E-state index contributed by atoms with van der Waals surface area (Å²) in [5.41, 5.74) is -3.10. The van der Waals surface area contributed by atoms with Gasteiger partial charge in [-0.25, -0.2) is 0 Å². The number of carbonyl (C=O) groups is 1. The van der Waals surface area contributed by atoms with Gasteiger partial charge >= 0.3 is 6.18 Å². The Morgan fingerprint density at radius 1 is 1.22 bits per heavy atom. The maximum absolute atomic E-state index is 13.3. The maximum atomic E-state index is 13.3. The van der Waals surface area contributed by atoms with Crippen molar-refractivity contribution in [2.24, 2.45) is 10.8 Å². The molecule has 5 nitrogen and oxygen atoms in total. The van der Waals surface area contributed by atoms with E-state index >= 15 is 0 Å². The van der Waals surface area contributed by atoms with Gasteiger partial charge in [-0.05, 0) is 19.3 Å². The summed E-state index contributed by atoms with van der Waals surface area (Å²) in [7, 11) is 0. The van der Waals surface area contributed by atoms with Gasteiger partial charge in [-0.1, -0.05) is 0 Å². The monoisotopic (exact) mass is 333 g/mol. The average molecular weight is 333 g/mol. The Hall–Kier alpha value is -0.860. The van der Waals surface area contributed by atoms with Gasteiger partial charge in [-0.2, -0.15) is 13.2 Å². The Balaban J connectivity index is 1.32. The van der Waals surface area contributed by atoms with Crippen LogP contribution in [0.25, 0.3) is 0 Å². The molecular formula is C15H22F3N3O2. The van der Waals surface area contributed by atoms with Crippen LogP contribution in [0.4, 0.5) is 13.2 Å². The van der Waals surface area contributed by atoms with Gasteiger partial charge in [-0.15, -0.1) is 0 Å². The predicted octanol–water partition coefficient (Wildman–Crippen LogP) is 0.508. The topological polar surface area (TPSA) is 53.6 Å². The fraction of sp³-hybridized carbons (Fsp3) is 0.933. The van der Waals surface area contributed by atoms with Crippen molar-refractivity contribution in [3.63, 3.8) is 0 Å². The molecule has 0 radical (unpaired) electrons. The van der Waals surface area contributed by atoms with Crippen LogP contribution in [0.1, 0.15) is 19.3 Å². The smallest absolute Gasteiger partial charge is 0.379 e. The number of morpholine rings is 1. The first kappa shape index (κ1) is 15.7. The summed E-state index contributed by atoms with van der Waals surface area (Å²) in [6, 6.07) is 0.437. The molecule has 8 heteroatoms. The van der Waals surface area contributed by atoms with Crippen LogP contribution in [0.2, 0.25) is 0 Å². The van der Waals surface area contributed by atoms with Crippen molar-refractivity contribution in [3.8, 4) is 0 Å². The number of hydrogen-bond acceptors (Lipinski definition) is 4. The Morgan fingerprint density at radius 3 is 2.52 bits per heavy atom. The minimum Gasteiger partial charge on any atom is -0.379 e. The molecule has 2 aliphatic heterocycles. The lowest BCUT2D eigenvalue weighted by molar-refractivity contribution is -0.192. The van der Waals surface area contributed by atoms with E-state index in [0.29, 0.717) is 6.04 Å². The third-order valence-corrected chi connectivity index (χ3v) is 6.24. The van der Waals surface area contributed by atoms with E-state index in [-0.39, 0.29) is 25.6 Å². The number of alkyl halides is 3. The lowest BCUT2D eigenvalue weighted by Crippen LogP contribution is -2.57. The second-order valence-electron chi connectivity index (χ2n) is 7.39. The normalized spacial score (nSPS) is 43.6. The predicted molar refractivity (Wildman–Crippen MR) is 75.8 cm³/mol. The first-order valence-corrected chi connectivity index (χ1v) is 8.28. The van der Waals surface area contributed by atoms with Crippen LogP contribution in [0.3, 0.4) is 0 Å². The number of amides is 1. The third-order valence-electron chi connectivity index (χ3n) is 6.24. The molecule has 0 aromatic carbocycles. The molecule has 2 heterocycles. The van der Waals surface area contributed by atoms with Gasteiger partial charge in [0.15, 0.2) is 0 Å². The van der Waals surface area contributed by atoms with E-state index < -0.39 is 22.9 Å². The van der Waals surface area contributed by atoms with Crippen molar-refractivity contribution in [1.82, 2.24) is 15.5 Å². The highest BCUT2D eigenvalue weighted by atomic mass is 19.4. The van der Waals surface area contributed by atoms with Crippen molar-refractivity contribution in [2.75, 3.05) is 39.4 Å². The van der Waals surface area contributed by atoms with Crippen molar-refractivity contribution in [1.29, 1.82) is 0 Å². The summed E-state index contributed by atoms with van der Waals surface area (Å²) in [5, 5.41) is 5.63. The van der Waals surface area contributed by atoms with Gasteiger partial charge in [0.05, 0.1) is 24.0 Å². The van der Waals surface area contributed by atoms with Crippen LogP contribution in [-0.2, 0) is 9.53 Å². The van der Waals surface area contributed by atoms with E-state index in [4.69, 9.17) is 4.74 Å². The van der Waals surface area contributed by atoms with E-state index in [2.05, 4.69) is 15.5 Å². The summed E-state index contributed by atoms with van der Waals surface area (Å²) in [5.74, 6) is -0.412. The number of halogens is 3. The lowest BCUT2D eigenvalue weighted by Gasteiger charge is -2.44. The number of nitrogens with one attached hydrogen (secondary N) is 2. The highest BCUT2D eigenvalue weighted by molar-refractivity contribution is 5.88. The van der Waals surface area contributed by atoms with Gasteiger partial charge in [0, 0.05) is 38.3 Å². The molecule has 23 heavy (non-hydrogen) atoms. The lowest BCUT2D eigenvalue weighted by atomic mass is 9.84. The number of rotatable bonds is 3. The van der Waals surface area contributed by atoms with Crippen LogP contribution in [0.15, 0.2) is 0 Å². The second-order valence-corrected chi connectivity index (χ2v) is 7.39. The van der Waals surface area contributed by atoms with Crippen LogP contribution in [0, 0.1) is 10.8 Å². The first-order valence-electron chi connectivity index (χ1n) is 8.28. The highest BCUT2D eigenvalue weighted by Crippen LogP contribution is 2.73. The molecule has 0 bridgehead atoms. The molecule has 0 aromatic heterocycles. The summed E-state index contributed by atoms with van der Waals surface area (Å²) in [6.07, 6.45) is -2.73. The highest BCUT2D eigenvalue weighted by Gasteiger charge is 2.84. The van der Waals surface area contributed by atoms with E-state index in [1.165, 1.54) is 0 Å². The number of ether oxygens (including phenoxy) is 1. The van der Waals surface area contributed by atoms with Gasteiger partial charge < -0.3 is 15.4 Å². The first-order chi connectivity index (χ1) is 10.9. The molecule has 0 spiro atoms. The summed E-state index contributed by atoms with van der Waals surface area (Å²) < 4.78 is 45.2. The summed E-state index contributed by atoms with van der Waals surface area (Å²) in [4.78, 5) is 14.8. The van der Waals surface area contributed by atoms with Crippen molar-refractivity contribution in [3.05, 3.63) is 0 Å². The van der Waals surface area contributed by atoms with Gasteiger partial charge in [-0.3, -0.25) is 9.69 Å². The summed E-state index contributed by atoms with van der Waals surface area (Å²) >= 11 is 0. The van der Waals surface area contributed by atoms with E-state index in [0.717, 1.165) is 39.1 Å². The number of fused-ring (bicyclic) bond motifs is 1. The van der Waals surface area contributed by atoms with E-state index in [9.17, 15) is 18.0 Å². The Bertz CT molecular complexity index is 503. The zero-order valence-corrected chi connectivity index (χ0v) is 12.9. The standard InChI is InChI=1S/C15H22F3N3O2/c16-15(17,18)14-7-13(14,8-19-9-14)12(22)20-10-5-11(6-10)21-1-3-23-4-2-21/h10-11,19H,1-9H2,(H,20,22). The Morgan fingerprint density at radius 2 is 1.91 bits per heavy atom. The SMILES string of the molecule is O=C(NC1CC(N2CCOCC2)C1)C12CNCC1(C(F)(F)F)C2. The van der Waals surface area contributed by atoms with Crippen LogP contribution in [-0.4, -0.2) is 68.5 Å². The largest absolute Gasteiger partial charge is 0.396 e. The molecule has 130 valence electrons. The van der Waals surface area contributed by atoms with E-state index in [1.807, 2.05) is 0 Å². The number of nitrogens with zero attached hydrogens (tertiary/aromatic N) is 1. The minimum absolute atomic E-state index is 0.0110. The quantitative estimate of drug-likeness (QED) is 0.790. The van der Waals surface area contributed by atoms with Crippen LogP contribution in [0.5, 0.6) is 0 Å². The second kappa shape index (κ2) is 5.07. The number of piperidine rings is 1. The van der Waals surface area contributed by atoms with Gasteiger partial charge in [0.1, 0.15) is 0 Å². The van der Waals surface area contributed by atoms with Crippen molar-refractivity contribution < 1.29 is 22.7 Å². The van der Waals surface area contributed by atoms with Crippen LogP contribution >= 0.6 is 0 Å². The number of carbonyl (C=O) groups excluding carboxylic acids is 1. The average Bonchev–Trinajstić information content (AvgIpc) is 3.01. The zero-order valence-electron chi connectivity index (χ0n) is 12.9. The van der Waals surface area contributed by atoms with Crippen molar-refractivity contribution >= 4 is 5.91 Å². The molecule has 4 rings (SSSR count). The minimum atomic E-state index is -4.32. The fourth-order valence-electron chi connectivity index (χ4n) is 4.54. The Labute approximate surface area is 132 Å². The van der Waals surface area contributed by atoms with Gasteiger partial charge in [0.25, 0.3) is 0 Å². The molecule has 0 aromatic rings. The number of hydrogen-bond donors (Lipinski definition) is 2. The molecule has 2 aliphatic carbocycles. The maximum Gasteiger partial charge on any atom is 0.396 e. The fourth-order valence-corrected chi connectivity index (χ4v) is 4.54. The Kier molecular flexibility index (Phi) is 3.45. The molecule has 4 fully saturated rings. The molecular weight excluding hydrogens is 311 g/mol. The molecule has 2 saturated heterocycles. The molecule has 4 aliphatic rings. The zero-order chi connectivity index (χ0) is 16.3. The van der Waals surface area contributed by atoms with Crippen LogP contribution < -0.4 is 10.6 Å². The van der Waals surface area contributed by atoms with E-state index in [1.54, 1.807) is 0 Å². The van der Waals surface area contributed by atoms with Crippen molar-refractivity contribution in [2.45, 2.75) is 37.5 Å².